The Hall–Kier alpha value is -0.350. The number of aryl methyl sites for hydroxylation is 2. The minimum absolute atomic E-state index is 0.317. The summed E-state index contributed by atoms with van der Waals surface area (Å²) < 4.78 is 3.25. The van der Waals surface area contributed by atoms with E-state index in [2.05, 4.69) is 65.6 Å². The van der Waals surface area contributed by atoms with Crippen molar-refractivity contribution in [1.29, 1.82) is 0 Å². The topological polar surface area (TPSA) is 29.9 Å². The first-order valence-corrected chi connectivity index (χ1v) is 7.13. The van der Waals surface area contributed by atoms with Gasteiger partial charge in [0.2, 0.25) is 0 Å². The van der Waals surface area contributed by atoms with Crippen LogP contribution in [-0.4, -0.2) is 16.3 Å². The summed E-state index contributed by atoms with van der Waals surface area (Å²) in [6.45, 7) is 13.8. The van der Waals surface area contributed by atoms with Crippen LogP contribution in [-0.2, 0) is 19.5 Å². The molecule has 0 bridgehead atoms. The van der Waals surface area contributed by atoms with Crippen LogP contribution in [0.15, 0.2) is 4.47 Å². The Bertz CT molecular complexity index is 363. The maximum atomic E-state index is 4.59. The normalized spacial score (nSPS) is 12.1. The number of hydrogen-bond acceptors (Lipinski definition) is 2. The molecular formula is C13H24BrN3. The molecule has 1 aromatic rings. The molecule has 1 rings (SSSR count). The zero-order chi connectivity index (χ0) is 13.1. The van der Waals surface area contributed by atoms with Crippen LogP contribution in [0.4, 0.5) is 0 Å². The first kappa shape index (κ1) is 14.7. The van der Waals surface area contributed by atoms with E-state index in [1.165, 1.54) is 10.2 Å². The second-order valence-electron chi connectivity index (χ2n) is 5.54. The van der Waals surface area contributed by atoms with Gasteiger partial charge in [0.1, 0.15) is 0 Å². The summed E-state index contributed by atoms with van der Waals surface area (Å²) >= 11 is 3.66. The number of halogens is 1. The Morgan fingerprint density at radius 1 is 1.29 bits per heavy atom. The van der Waals surface area contributed by atoms with Gasteiger partial charge in [-0.25, -0.2) is 0 Å². The minimum atomic E-state index is 0.317. The van der Waals surface area contributed by atoms with Crippen molar-refractivity contribution in [2.75, 3.05) is 6.54 Å². The molecule has 98 valence electrons. The highest BCUT2D eigenvalue weighted by Gasteiger charge is 2.15. The Morgan fingerprint density at radius 3 is 2.41 bits per heavy atom. The zero-order valence-corrected chi connectivity index (χ0v) is 13.2. The van der Waals surface area contributed by atoms with Gasteiger partial charge < -0.3 is 5.32 Å². The lowest BCUT2D eigenvalue weighted by atomic mass is 9.97. The molecule has 0 amide bonds. The third-order valence-corrected chi connectivity index (χ3v) is 3.56. The highest BCUT2D eigenvalue weighted by molar-refractivity contribution is 9.10. The SMILES string of the molecule is CCc1nn(CC)c(CNCC(C)(C)C)c1Br. The van der Waals surface area contributed by atoms with Crippen molar-refractivity contribution in [3.05, 3.63) is 15.9 Å². The van der Waals surface area contributed by atoms with Gasteiger partial charge in [-0.3, -0.25) is 4.68 Å². The van der Waals surface area contributed by atoms with Gasteiger partial charge >= 0.3 is 0 Å². The van der Waals surface area contributed by atoms with Crippen LogP contribution in [0.2, 0.25) is 0 Å². The molecule has 0 aliphatic rings. The molecular weight excluding hydrogens is 278 g/mol. The molecule has 0 unspecified atom stereocenters. The first-order valence-electron chi connectivity index (χ1n) is 6.33. The zero-order valence-electron chi connectivity index (χ0n) is 11.6. The van der Waals surface area contributed by atoms with Crippen LogP contribution in [0.1, 0.15) is 46.0 Å². The fourth-order valence-electron chi connectivity index (χ4n) is 1.74. The molecule has 1 heterocycles. The van der Waals surface area contributed by atoms with E-state index in [0.29, 0.717) is 5.41 Å². The predicted octanol–water partition coefficient (Wildman–Crippen LogP) is 3.36. The maximum absolute atomic E-state index is 4.59. The van der Waals surface area contributed by atoms with Gasteiger partial charge in [0, 0.05) is 19.6 Å². The maximum Gasteiger partial charge on any atom is 0.0767 e. The lowest BCUT2D eigenvalue weighted by Crippen LogP contribution is -2.27. The second-order valence-corrected chi connectivity index (χ2v) is 6.33. The molecule has 0 aliphatic heterocycles. The molecule has 0 radical (unpaired) electrons. The van der Waals surface area contributed by atoms with Gasteiger partial charge in [-0.1, -0.05) is 27.7 Å². The second kappa shape index (κ2) is 6.01. The summed E-state index contributed by atoms with van der Waals surface area (Å²) in [6.07, 6.45) is 0.972. The van der Waals surface area contributed by atoms with E-state index in [4.69, 9.17) is 0 Å². The molecule has 0 fully saturated rings. The van der Waals surface area contributed by atoms with E-state index in [0.717, 1.165) is 31.7 Å². The molecule has 0 aromatic carbocycles. The quantitative estimate of drug-likeness (QED) is 0.904. The Balaban J connectivity index is 2.72. The summed E-state index contributed by atoms with van der Waals surface area (Å²) in [4.78, 5) is 0. The van der Waals surface area contributed by atoms with E-state index in [-0.39, 0.29) is 0 Å². The smallest absolute Gasteiger partial charge is 0.0767 e. The van der Waals surface area contributed by atoms with Crippen molar-refractivity contribution in [3.63, 3.8) is 0 Å². The molecule has 0 atom stereocenters. The van der Waals surface area contributed by atoms with E-state index in [1.807, 2.05) is 0 Å². The standard InChI is InChI=1S/C13H24BrN3/c1-6-10-12(14)11(17(7-2)16-10)8-15-9-13(3,4)5/h15H,6-9H2,1-5H3. The summed E-state index contributed by atoms with van der Waals surface area (Å²) in [5.41, 5.74) is 2.73. The first-order chi connectivity index (χ1) is 7.89. The Labute approximate surface area is 113 Å². The molecule has 0 saturated carbocycles. The predicted molar refractivity (Wildman–Crippen MR) is 76.1 cm³/mol. The fourth-order valence-corrected chi connectivity index (χ4v) is 2.45. The van der Waals surface area contributed by atoms with Gasteiger partial charge in [-0.05, 0) is 34.7 Å². The van der Waals surface area contributed by atoms with Crippen LogP contribution in [0.25, 0.3) is 0 Å². The lowest BCUT2D eigenvalue weighted by Gasteiger charge is -2.19. The van der Waals surface area contributed by atoms with Crippen LogP contribution in [0, 0.1) is 5.41 Å². The molecule has 1 aromatic heterocycles. The molecule has 0 saturated heterocycles. The van der Waals surface area contributed by atoms with E-state index in [1.54, 1.807) is 0 Å². The number of rotatable bonds is 5. The summed E-state index contributed by atoms with van der Waals surface area (Å²) in [5.74, 6) is 0. The van der Waals surface area contributed by atoms with Crippen LogP contribution < -0.4 is 5.32 Å². The Kier molecular flexibility index (Phi) is 5.20. The average Bonchev–Trinajstić information content (AvgIpc) is 2.54. The van der Waals surface area contributed by atoms with Gasteiger partial charge in [-0.15, -0.1) is 0 Å². The van der Waals surface area contributed by atoms with Crippen LogP contribution in [0.5, 0.6) is 0 Å². The third kappa shape index (κ3) is 4.11. The molecule has 0 aliphatic carbocycles. The molecule has 3 nitrogen and oxygen atoms in total. The summed E-state index contributed by atoms with van der Waals surface area (Å²) in [7, 11) is 0. The average molecular weight is 302 g/mol. The van der Waals surface area contributed by atoms with Crippen molar-refractivity contribution in [2.24, 2.45) is 5.41 Å². The van der Waals surface area contributed by atoms with Crippen molar-refractivity contribution < 1.29 is 0 Å². The van der Waals surface area contributed by atoms with Crippen molar-refractivity contribution in [3.8, 4) is 0 Å². The van der Waals surface area contributed by atoms with Crippen molar-refractivity contribution in [1.82, 2.24) is 15.1 Å². The minimum Gasteiger partial charge on any atom is -0.311 e. The lowest BCUT2D eigenvalue weighted by molar-refractivity contribution is 0.375. The number of nitrogens with zero attached hydrogens (tertiary/aromatic N) is 2. The fraction of sp³-hybridized carbons (Fsp3) is 0.769. The molecule has 4 heteroatoms. The number of aromatic nitrogens is 2. The van der Waals surface area contributed by atoms with E-state index >= 15 is 0 Å². The van der Waals surface area contributed by atoms with Crippen molar-refractivity contribution >= 4 is 15.9 Å². The highest BCUT2D eigenvalue weighted by atomic mass is 79.9. The van der Waals surface area contributed by atoms with Crippen LogP contribution >= 0.6 is 15.9 Å². The number of hydrogen-bond donors (Lipinski definition) is 1. The largest absolute Gasteiger partial charge is 0.311 e. The van der Waals surface area contributed by atoms with Gasteiger partial charge in [0.25, 0.3) is 0 Å². The van der Waals surface area contributed by atoms with Gasteiger partial charge in [0.05, 0.1) is 15.9 Å². The number of nitrogens with one attached hydrogen (secondary N) is 1. The van der Waals surface area contributed by atoms with Gasteiger partial charge in [-0.2, -0.15) is 5.10 Å². The Morgan fingerprint density at radius 2 is 1.94 bits per heavy atom. The third-order valence-electron chi connectivity index (χ3n) is 2.64. The van der Waals surface area contributed by atoms with Crippen LogP contribution in [0.3, 0.4) is 0 Å². The van der Waals surface area contributed by atoms with E-state index < -0.39 is 0 Å². The monoisotopic (exact) mass is 301 g/mol. The highest BCUT2D eigenvalue weighted by Crippen LogP contribution is 2.22. The summed E-state index contributed by atoms with van der Waals surface area (Å²) in [6, 6.07) is 0. The molecule has 1 N–H and O–H groups in total. The van der Waals surface area contributed by atoms with E-state index in [9.17, 15) is 0 Å². The summed E-state index contributed by atoms with van der Waals surface area (Å²) in [5, 5.41) is 8.10. The molecule has 0 spiro atoms. The van der Waals surface area contributed by atoms with Crippen molar-refractivity contribution in [2.45, 2.75) is 54.1 Å². The van der Waals surface area contributed by atoms with Gasteiger partial charge in [0.15, 0.2) is 0 Å². The molecule has 17 heavy (non-hydrogen) atoms.